The summed E-state index contributed by atoms with van der Waals surface area (Å²) in [7, 11) is 2.19. The molecule has 23 heavy (non-hydrogen) atoms. The Bertz CT molecular complexity index is 600. The Hall–Kier alpha value is -1.24. The lowest BCUT2D eigenvalue weighted by atomic mass is 9.86. The molecule has 1 atom stereocenters. The number of likely N-dealkylation sites (N-methyl/N-ethyl adjacent to an activating group) is 1. The Morgan fingerprint density at radius 3 is 2.96 bits per heavy atom. The molecule has 2 saturated heterocycles. The standard InChI is InChI=1S/C17H25N3O2S/c1-13(21)15-9-14(11-23-15)10-20-8-7-19(2)17(12-20)4-3-16(22)18-6-5-17/h9,11H,3-8,10,12H2,1-2H3,(H,18,22)/t17-/m0/s1. The molecule has 1 aromatic heterocycles. The summed E-state index contributed by atoms with van der Waals surface area (Å²) in [5, 5.41) is 5.09. The molecule has 0 aliphatic carbocycles. The Kier molecular flexibility index (Phi) is 4.85. The summed E-state index contributed by atoms with van der Waals surface area (Å²) in [6, 6.07) is 2.02. The molecule has 0 bridgehead atoms. The fraction of sp³-hybridized carbons (Fsp3) is 0.647. The van der Waals surface area contributed by atoms with Crippen LogP contribution in [0.2, 0.25) is 0 Å². The Labute approximate surface area is 141 Å². The predicted molar refractivity (Wildman–Crippen MR) is 91.8 cm³/mol. The van der Waals surface area contributed by atoms with Crippen LogP contribution in [0.25, 0.3) is 0 Å². The molecule has 0 radical (unpaired) electrons. The Morgan fingerprint density at radius 2 is 2.22 bits per heavy atom. The van der Waals surface area contributed by atoms with E-state index >= 15 is 0 Å². The number of amides is 1. The molecule has 1 spiro atoms. The van der Waals surface area contributed by atoms with Gasteiger partial charge in [0.15, 0.2) is 5.78 Å². The van der Waals surface area contributed by atoms with E-state index in [1.807, 2.05) is 6.07 Å². The molecule has 0 saturated carbocycles. The smallest absolute Gasteiger partial charge is 0.220 e. The summed E-state index contributed by atoms with van der Waals surface area (Å²) >= 11 is 1.54. The third-order valence-corrected chi connectivity index (χ3v) is 6.30. The van der Waals surface area contributed by atoms with E-state index < -0.39 is 0 Å². The molecule has 0 aromatic carbocycles. The number of nitrogens with zero attached hydrogens (tertiary/aromatic N) is 2. The van der Waals surface area contributed by atoms with Crippen LogP contribution < -0.4 is 5.32 Å². The zero-order valence-corrected chi connectivity index (χ0v) is 14.7. The Balaban J connectivity index is 1.69. The molecule has 3 heterocycles. The van der Waals surface area contributed by atoms with Gasteiger partial charge in [0.2, 0.25) is 5.91 Å². The topological polar surface area (TPSA) is 52.7 Å². The van der Waals surface area contributed by atoms with E-state index in [0.29, 0.717) is 6.42 Å². The average Bonchev–Trinajstić information content (AvgIpc) is 2.90. The van der Waals surface area contributed by atoms with Gasteiger partial charge >= 0.3 is 0 Å². The first-order chi connectivity index (χ1) is 11.0. The lowest BCUT2D eigenvalue weighted by Gasteiger charge is -2.49. The summed E-state index contributed by atoms with van der Waals surface area (Å²) in [6.07, 6.45) is 2.55. The molecule has 3 rings (SSSR count). The van der Waals surface area contributed by atoms with Gasteiger partial charge in [-0.05, 0) is 43.8 Å². The van der Waals surface area contributed by atoms with E-state index in [1.54, 1.807) is 6.92 Å². The van der Waals surface area contributed by atoms with Gasteiger partial charge in [0, 0.05) is 44.7 Å². The minimum absolute atomic E-state index is 0.0941. The highest BCUT2D eigenvalue weighted by Gasteiger charge is 2.40. The third-order valence-electron chi connectivity index (χ3n) is 5.22. The minimum Gasteiger partial charge on any atom is -0.356 e. The van der Waals surface area contributed by atoms with Crippen LogP contribution in [-0.4, -0.2) is 60.3 Å². The number of Topliss-reactive ketones (excluding diaryl/α,β-unsaturated/α-hetero) is 1. The highest BCUT2D eigenvalue weighted by atomic mass is 32.1. The van der Waals surface area contributed by atoms with E-state index in [0.717, 1.165) is 50.4 Å². The molecular formula is C17H25N3O2S. The summed E-state index contributed by atoms with van der Waals surface area (Å²) in [6.45, 7) is 6.33. The maximum absolute atomic E-state index is 11.7. The van der Waals surface area contributed by atoms with E-state index in [4.69, 9.17) is 0 Å². The van der Waals surface area contributed by atoms with Crippen LogP contribution in [0.1, 0.15) is 41.4 Å². The van der Waals surface area contributed by atoms with Crippen molar-refractivity contribution in [3.63, 3.8) is 0 Å². The van der Waals surface area contributed by atoms with Gasteiger partial charge in [-0.2, -0.15) is 0 Å². The first kappa shape index (κ1) is 16.6. The average molecular weight is 335 g/mol. The van der Waals surface area contributed by atoms with Crippen molar-refractivity contribution in [1.29, 1.82) is 0 Å². The number of nitrogens with one attached hydrogen (secondary N) is 1. The van der Waals surface area contributed by atoms with E-state index in [9.17, 15) is 9.59 Å². The van der Waals surface area contributed by atoms with Crippen LogP contribution in [0.15, 0.2) is 11.4 Å². The minimum atomic E-state index is 0.0941. The van der Waals surface area contributed by atoms with Crippen molar-refractivity contribution in [2.45, 2.75) is 38.3 Å². The number of piperazine rings is 1. The number of ketones is 1. The van der Waals surface area contributed by atoms with Crippen LogP contribution in [0.5, 0.6) is 0 Å². The van der Waals surface area contributed by atoms with Crippen molar-refractivity contribution in [1.82, 2.24) is 15.1 Å². The molecule has 1 amide bonds. The van der Waals surface area contributed by atoms with Gasteiger partial charge < -0.3 is 5.32 Å². The molecule has 1 aromatic rings. The second-order valence-electron chi connectivity index (χ2n) is 6.83. The number of carbonyl (C=O) groups excluding carboxylic acids is 2. The van der Waals surface area contributed by atoms with Crippen molar-refractivity contribution in [2.75, 3.05) is 33.2 Å². The Morgan fingerprint density at radius 1 is 1.39 bits per heavy atom. The first-order valence-corrected chi connectivity index (χ1v) is 9.15. The second-order valence-corrected chi connectivity index (χ2v) is 7.74. The van der Waals surface area contributed by atoms with Gasteiger partial charge in [0.25, 0.3) is 0 Å². The molecule has 2 fully saturated rings. The van der Waals surface area contributed by atoms with Gasteiger partial charge in [-0.3, -0.25) is 19.4 Å². The van der Waals surface area contributed by atoms with Gasteiger partial charge in [0.05, 0.1) is 4.88 Å². The maximum Gasteiger partial charge on any atom is 0.220 e. The second kappa shape index (κ2) is 6.71. The highest BCUT2D eigenvalue weighted by Crippen LogP contribution is 2.31. The van der Waals surface area contributed by atoms with Crippen molar-refractivity contribution in [3.8, 4) is 0 Å². The van der Waals surface area contributed by atoms with Crippen LogP contribution in [0.3, 0.4) is 0 Å². The largest absolute Gasteiger partial charge is 0.356 e. The molecule has 2 aliphatic heterocycles. The van der Waals surface area contributed by atoms with Crippen LogP contribution >= 0.6 is 11.3 Å². The predicted octanol–water partition coefficient (Wildman–Crippen LogP) is 1.74. The van der Waals surface area contributed by atoms with Crippen molar-refractivity contribution in [2.24, 2.45) is 0 Å². The van der Waals surface area contributed by atoms with Crippen LogP contribution in [0.4, 0.5) is 0 Å². The lowest BCUT2D eigenvalue weighted by Crippen LogP contribution is -2.60. The number of hydrogen-bond donors (Lipinski definition) is 1. The summed E-state index contributed by atoms with van der Waals surface area (Å²) < 4.78 is 0. The number of carbonyl (C=O) groups is 2. The fourth-order valence-corrected chi connectivity index (χ4v) is 4.52. The van der Waals surface area contributed by atoms with Crippen molar-refractivity contribution in [3.05, 3.63) is 21.9 Å². The first-order valence-electron chi connectivity index (χ1n) is 8.27. The normalized spacial score (nSPS) is 27.0. The molecule has 1 N–H and O–H groups in total. The quantitative estimate of drug-likeness (QED) is 0.855. The van der Waals surface area contributed by atoms with Crippen LogP contribution in [-0.2, 0) is 11.3 Å². The molecule has 0 unspecified atom stereocenters. The van der Waals surface area contributed by atoms with Gasteiger partial charge in [-0.25, -0.2) is 0 Å². The highest BCUT2D eigenvalue weighted by molar-refractivity contribution is 7.12. The summed E-state index contributed by atoms with van der Waals surface area (Å²) in [5.74, 6) is 0.320. The molecule has 2 aliphatic rings. The number of hydrogen-bond acceptors (Lipinski definition) is 5. The van der Waals surface area contributed by atoms with Crippen LogP contribution in [0, 0.1) is 0 Å². The van der Waals surface area contributed by atoms with Crippen molar-refractivity contribution < 1.29 is 9.59 Å². The zero-order chi connectivity index (χ0) is 16.4. The van der Waals surface area contributed by atoms with Gasteiger partial charge in [-0.1, -0.05) is 0 Å². The zero-order valence-electron chi connectivity index (χ0n) is 13.9. The van der Waals surface area contributed by atoms with E-state index in [2.05, 4.69) is 27.5 Å². The lowest BCUT2D eigenvalue weighted by molar-refractivity contribution is -0.121. The third kappa shape index (κ3) is 3.65. The van der Waals surface area contributed by atoms with Gasteiger partial charge in [-0.15, -0.1) is 11.3 Å². The fourth-order valence-electron chi connectivity index (χ4n) is 3.71. The number of thiophene rings is 1. The van der Waals surface area contributed by atoms with Gasteiger partial charge in [0.1, 0.15) is 0 Å². The molecule has 5 nitrogen and oxygen atoms in total. The maximum atomic E-state index is 11.7. The van der Waals surface area contributed by atoms with E-state index in [1.165, 1.54) is 16.9 Å². The monoisotopic (exact) mass is 335 g/mol. The van der Waals surface area contributed by atoms with E-state index in [-0.39, 0.29) is 17.2 Å². The molecular weight excluding hydrogens is 310 g/mol. The molecule has 6 heteroatoms. The van der Waals surface area contributed by atoms with Crippen molar-refractivity contribution >= 4 is 23.0 Å². The summed E-state index contributed by atoms with van der Waals surface area (Å²) in [4.78, 5) is 28.9. The SMILES string of the molecule is CC(=O)c1cc(CN2CCN(C)[C@@]3(CCNC(=O)CC3)C2)cs1. The molecule has 126 valence electrons. The summed E-state index contributed by atoms with van der Waals surface area (Å²) in [5.41, 5.74) is 1.32. The number of rotatable bonds is 3.